The Kier molecular flexibility index (Phi) is 6.49. The molecule has 0 aliphatic carbocycles. The molecule has 1 N–H and O–H groups in total. The summed E-state index contributed by atoms with van der Waals surface area (Å²) in [6, 6.07) is 15.2. The van der Waals surface area contributed by atoms with Crippen LogP contribution in [0.15, 0.2) is 58.2 Å². The summed E-state index contributed by atoms with van der Waals surface area (Å²) in [4.78, 5) is 12.1. The largest absolute Gasteiger partial charge is 0.494 e. The Morgan fingerprint density at radius 3 is 2.67 bits per heavy atom. The first-order valence-electron chi connectivity index (χ1n) is 8.70. The first kappa shape index (κ1) is 19.0. The standard InChI is InChI=1S/C20H21N3O3S/c1-3-25-16-10-8-15(9-11-16)19-22-23-20(26-19)27-13-12-18(24)21-17-7-5-4-6-14(17)2/h4-11H,3,12-13H2,1-2H3,(H,21,24). The number of aryl methyl sites for hydroxylation is 1. The van der Waals surface area contributed by atoms with Crippen LogP contribution in [-0.2, 0) is 4.79 Å². The number of para-hydroxylation sites is 1. The van der Waals surface area contributed by atoms with E-state index in [0.717, 1.165) is 22.6 Å². The van der Waals surface area contributed by atoms with Crippen LogP contribution in [0.4, 0.5) is 5.69 Å². The lowest BCUT2D eigenvalue weighted by Crippen LogP contribution is -2.12. The molecule has 0 radical (unpaired) electrons. The second kappa shape index (κ2) is 9.23. The van der Waals surface area contributed by atoms with Gasteiger partial charge in [0.25, 0.3) is 5.22 Å². The molecule has 0 spiro atoms. The fourth-order valence-corrected chi connectivity index (χ4v) is 3.10. The average Bonchev–Trinajstić information content (AvgIpc) is 3.13. The predicted molar refractivity (Wildman–Crippen MR) is 106 cm³/mol. The first-order chi connectivity index (χ1) is 13.2. The van der Waals surface area contributed by atoms with E-state index >= 15 is 0 Å². The molecular weight excluding hydrogens is 362 g/mol. The van der Waals surface area contributed by atoms with Gasteiger partial charge in [0.15, 0.2) is 0 Å². The van der Waals surface area contributed by atoms with Crippen LogP contribution in [-0.4, -0.2) is 28.5 Å². The predicted octanol–water partition coefficient (Wildman–Crippen LogP) is 4.56. The van der Waals surface area contributed by atoms with E-state index in [1.54, 1.807) is 0 Å². The molecule has 0 bridgehead atoms. The van der Waals surface area contributed by atoms with E-state index in [1.807, 2.05) is 62.4 Å². The molecule has 1 amide bonds. The average molecular weight is 383 g/mol. The van der Waals surface area contributed by atoms with E-state index in [2.05, 4.69) is 15.5 Å². The van der Waals surface area contributed by atoms with E-state index in [-0.39, 0.29) is 5.91 Å². The Balaban J connectivity index is 1.49. The van der Waals surface area contributed by atoms with Crippen molar-refractivity contribution < 1.29 is 13.9 Å². The van der Waals surface area contributed by atoms with Crippen LogP contribution in [0.3, 0.4) is 0 Å². The SMILES string of the molecule is CCOc1ccc(-c2nnc(SCCC(=O)Nc3ccccc3C)o2)cc1. The van der Waals surface area contributed by atoms with Crippen LogP contribution >= 0.6 is 11.8 Å². The van der Waals surface area contributed by atoms with E-state index in [1.165, 1.54) is 11.8 Å². The van der Waals surface area contributed by atoms with Gasteiger partial charge >= 0.3 is 0 Å². The quantitative estimate of drug-likeness (QED) is 0.575. The fourth-order valence-electron chi connectivity index (χ4n) is 2.40. The molecule has 1 aromatic heterocycles. The van der Waals surface area contributed by atoms with E-state index in [9.17, 15) is 4.79 Å². The molecule has 0 unspecified atom stereocenters. The second-order valence-electron chi connectivity index (χ2n) is 5.79. The maximum atomic E-state index is 12.1. The number of hydrogen-bond acceptors (Lipinski definition) is 6. The maximum absolute atomic E-state index is 12.1. The van der Waals surface area contributed by atoms with Gasteiger partial charge in [-0.15, -0.1) is 10.2 Å². The van der Waals surface area contributed by atoms with Crippen molar-refractivity contribution >= 4 is 23.4 Å². The molecule has 1 heterocycles. The van der Waals surface area contributed by atoms with Crippen LogP contribution < -0.4 is 10.1 Å². The van der Waals surface area contributed by atoms with Gasteiger partial charge in [0.2, 0.25) is 11.8 Å². The zero-order chi connectivity index (χ0) is 19.1. The van der Waals surface area contributed by atoms with Crippen molar-refractivity contribution in [2.45, 2.75) is 25.5 Å². The molecule has 3 rings (SSSR count). The maximum Gasteiger partial charge on any atom is 0.276 e. The van der Waals surface area contributed by atoms with Gasteiger partial charge in [-0.3, -0.25) is 4.79 Å². The van der Waals surface area contributed by atoms with E-state index in [4.69, 9.17) is 9.15 Å². The molecule has 7 heteroatoms. The highest BCUT2D eigenvalue weighted by molar-refractivity contribution is 7.99. The number of nitrogens with zero attached hydrogens (tertiary/aromatic N) is 2. The molecule has 0 atom stereocenters. The van der Waals surface area contributed by atoms with Crippen molar-refractivity contribution in [3.05, 3.63) is 54.1 Å². The number of carbonyl (C=O) groups excluding carboxylic acids is 1. The van der Waals surface area contributed by atoms with Gasteiger partial charge in [-0.1, -0.05) is 30.0 Å². The minimum Gasteiger partial charge on any atom is -0.494 e. The molecule has 3 aromatic rings. The minimum absolute atomic E-state index is 0.0388. The highest BCUT2D eigenvalue weighted by Crippen LogP contribution is 2.25. The van der Waals surface area contributed by atoms with E-state index in [0.29, 0.717) is 29.9 Å². The lowest BCUT2D eigenvalue weighted by Gasteiger charge is -2.07. The monoisotopic (exact) mass is 383 g/mol. The molecule has 27 heavy (non-hydrogen) atoms. The summed E-state index contributed by atoms with van der Waals surface area (Å²) in [5, 5.41) is 11.4. The van der Waals surface area contributed by atoms with Crippen molar-refractivity contribution in [1.29, 1.82) is 0 Å². The van der Waals surface area contributed by atoms with Gasteiger partial charge in [0.1, 0.15) is 5.75 Å². The smallest absolute Gasteiger partial charge is 0.276 e. The summed E-state index contributed by atoms with van der Waals surface area (Å²) < 4.78 is 11.1. The number of rotatable bonds is 8. The normalized spacial score (nSPS) is 10.6. The van der Waals surface area contributed by atoms with Crippen molar-refractivity contribution in [2.24, 2.45) is 0 Å². The summed E-state index contributed by atoms with van der Waals surface area (Å²) in [6.45, 7) is 4.53. The van der Waals surface area contributed by atoms with Crippen LogP contribution in [0.1, 0.15) is 18.9 Å². The molecule has 6 nitrogen and oxygen atoms in total. The van der Waals surface area contributed by atoms with Crippen molar-refractivity contribution in [1.82, 2.24) is 10.2 Å². The summed E-state index contributed by atoms with van der Waals surface area (Å²) in [6.07, 6.45) is 0.361. The summed E-state index contributed by atoms with van der Waals surface area (Å²) in [7, 11) is 0. The summed E-state index contributed by atoms with van der Waals surface area (Å²) >= 11 is 1.36. The number of aromatic nitrogens is 2. The first-order valence-corrected chi connectivity index (χ1v) is 9.69. The molecule has 0 aliphatic heterocycles. The highest BCUT2D eigenvalue weighted by Gasteiger charge is 2.11. The number of benzene rings is 2. The van der Waals surface area contributed by atoms with Gasteiger partial charge in [-0.2, -0.15) is 0 Å². The molecule has 2 aromatic carbocycles. The number of hydrogen-bond donors (Lipinski definition) is 1. The van der Waals surface area contributed by atoms with Crippen LogP contribution in [0.25, 0.3) is 11.5 Å². The topological polar surface area (TPSA) is 77.2 Å². The molecule has 0 fully saturated rings. The van der Waals surface area contributed by atoms with Gasteiger partial charge in [-0.25, -0.2) is 0 Å². The zero-order valence-corrected chi connectivity index (χ0v) is 16.1. The van der Waals surface area contributed by atoms with Crippen molar-refractivity contribution in [2.75, 3.05) is 17.7 Å². The van der Waals surface area contributed by atoms with Gasteiger partial charge in [0, 0.05) is 23.4 Å². The molecular formula is C20H21N3O3S. The van der Waals surface area contributed by atoms with Gasteiger partial charge in [0.05, 0.1) is 6.61 Å². The Morgan fingerprint density at radius 2 is 1.93 bits per heavy atom. The number of amides is 1. The number of thioether (sulfide) groups is 1. The highest BCUT2D eigenvalue weighted by atomic mass is 32.2. The number of nitrogens with one attached hydrogen (secondary N) is 1. The zero-order valence-electron chi connectivity index (χ0n) is 15.3. The third kappa shape index (κ3) is 5.34. The lowest BCUT2D eigenvalue weighted by molar-refractivity contribution is -0.115. The van der Waals surface area contributed by atoms with Crippen LogP contribution in [0, 0.1) is 6.92 Å². The molecule has 0 saturated carbocycles. The second-order valence-corrected chi connectivity index (χ2v) is 6.84. The van der Waals surface area contributed by atoms with Crippen LogP contribution in [0.5, 0.6) is 5.75 Å². The number of anilines is 1. The Hall–Kier alpha value is -2.80. The Labute approximate surface area is 162 Å². The number of ether oxygens (including phenoxy) is 1. The molecule has 0 saturated heterocycles. The van der Waals surface area contributed by atoms with E-state index < -0.39 is 0 Å². The minimum atomic E-state index is -0.0388. The Bertz CT molecular complexity index is 893. The summed E-state index contributed by atoms with van der Waals surface area (Å²) in [5.41, 5.74) is 2.70. The van der Waals surface area contributed by atoms with Crippen molar-refractivity contribution in [3.63, 3.8) is 0 Å². The van der Waals surface area contributed by atoms with Crippen molar-refractivity contribution in [3.8, 4) is 17.2 Å². The number of carbonyl (C=O) groups is 1. The van der Waals surface area contributed by atoms with Gasteiger partial charge < -0.3 is 14.5 Å². The molecule has 140 valence electrons. The van der Waals surface area contributed by atoms with Crippen LogP contribution in [0.2, 0.25) is 0 Å². The third-order valence-corrected chi connectivity index (χ3v) is 4.61. The lowest BCUT2D eigenvalue weighted by atomic mass is 10.2. The summed E-state index contributed by atoms with van der Waals surface area (Å²) in [5.74, 6) is 1.77. The van der Waals surface area contributed by atoms with Gasteiger partial charge in [-0.05, 0) is 49.7 Å². The fraction of sp³-hybridized carbons (Fsp3) is 0.250. The Morgan fingerprint density at radius 1 is 1.15 bits per heavy atom. The molecule has 0 aliphatic rings. The third-order valence-electron chi connectivity index (χ3n) is 3.79.